The number of aryl methyl sites for hydroxylation is 1. The van der Waals surface area contributed by atoms with Crippen molar-refractivity contribution < 1.29 is 9.18 Å². The van der Waals surface area contributed by atoms with Crippen molar-refractivity contribution in [1.82, 2.24) is 9.36 Å². The number of halogens is 1. The van der Waals surface area contributed by atoms with Crippen LogP contribution in [-0.2, 0) is 0 Å². The van der Waals surface area contributed by atoms with Crippen LogP contribution in [0.5, 0.6) is 0 Å². The Morgan fingerprint density at radius 3 is 2.94 bits per heavy atom. The van der Waals surface area contributed by atoms with Gasteiger partial charge in [0, 0.05) is 4.90 Å². The maximum Gasteiger partial charge on any atom is 0.174 e. The fourth-order valence-electron chi connectivity index (χ4n) is 1.13. The second kappa shape index (κ2) is 4.71. The molecule has 3 nitrogen and oxygen atoms in total. The van der Waals surface area contributed by atoms with E-state index in [-0.39, 0.29) is 5.56 Å². The van der Waals surface area contributed by atoms with Crippen molar-refractivity contribution in [3.05, 3.63) is 35.4 Å². The Morgan fingerprint density at radius 2 is 2.31 bits per heavy atom. The van der Waals surface area contributed by atoms with Crippen molar-refractivity contribution in [2.24, 2.45) is 0 Å². The first-order valence-electron chi connectivity index (χ1n) is 4.42. The van der Waals surface area contributed by atoms with E-state index in [1.807, 2.05) is 0 Å². The topological polar surface area (TPSA) is 42.9 Å². The molecule has 0 radical (unpaired) electrons. The normalized spacial score (nSPS) is 10.4. The molecular weight excluding hydrogens is 247 g/mol. The Kier molecular flexibility index (Phi) is 3.31. The van der Waals surface area contributed by atoms with Crippen molar-refractivity contribution in [1.29, 1.82) is 0 Å². The maximum absolute atomic E-state index is 13.3. The monoisotopic (exact) mass is 254 g/mol. The van der Waals surface area contributed by atoms with Gasteiger partial charge in [0.15, 0.2) is 10.6 Å². The minimum absolute atomic E-state index is 0.0698. The van der Waals surface area contributed by atoms with Crippen LogP contribution in [0.15, 0.2) is 27.4 Å². The van der Waals surface area contributed by atoms with Gasteiger partial charge in [-0.1, -0.05) is 17.8 Å². The number of carbonyl (C=O) groups excluding carboxylic acids is 1. The molecule has 0 bridgehead atoms. The SMILES string of the molecule is Cc1nsc(Sc2cccc(F)c2C=O)n1. The average molecular weight is 254 g/mol. The Balaban J connectivity index is 2.34. The van der Waals surface area contributed by atoms with Gasteiger partial charge in [0.25, 0.3) is 0 Å². The summed E-state index contributed by atoms with van der Waals surface area (Å²) in [5.74, 6) is 0.165. The summed E-state index contributed by atoms with van der Waals surface area (Å²) >= 11 is 2.48. The number of hydrogen-bond donors (Lipinski definition) is 0. The lowest BCUT2D eigenvalue weighted by Crippen LogP contribution is -1.90. The third-order valence-electron chi connectivity index (χ3n) is 1.84. The van der Waals surface area contributed by atoms with Crippen LogP contribution >= 0.6 is 23.3 Å². The summed E-state index contributed by atoms with van der Waals surface area (Å²) in [6.45, 7) is 1.78. The molecule has 0 unspecified atom stereocenters. The van der Waals surface area contributed by atoms with Crippen LogP contribution in [0.3, 0.4) is 0 Å². The molecule has 16 heavy (non-hydrogen) atoms. The smallest absolute Gasteiger partial charge is 0.174 e. The van der Waals surface area contributed by atoms with E-state index in [9.17, 15) is 9.18 Å². The van der Waals surface area contributed by atoms with Gasteiger partial charge in [-0.25, -0.2) is 9.37 Å². The van der Waals surface area contributed by atoms with Crippen LogP contribution in [-0.4, -0.2) is 15.6 Å². The molecule has 0 saturated heterocycles. The molecule has 0 aliphatic carbocycles. The summed E-state index contributed by atoms with van der Waals surface area (Å²) in [6.07, 6.45) is 0.519. The first-order chi connectivity index (χ1) is 7.70. The summed E-state index contributed by atoms with van der Waals surface area (Å²) < 4.78 is 18.0. The molecule has 0 N–H and O–H groups in total. The number of hydrogen-bond acceptors (Lipinski definition) is 5. The number of carbonyl (C=O) groups is 1. The van der Waals surface area contributed by atoms with E-state index < -0.39 is 5.82 Å². The van der Waals surface area contributed by atoms with Crippen LogP contribution < -0.4 is 0 Å². The van der Waals surface area contributed by atoms with Gasteiger partial charge >= 0.3 is 0 Å². The molecule has 0 aliphatic heterocycles. The highest BCUT2D eigenvalue weighted by molar-refractivity contribution is 8.01. The van der Waals surface area contributed by atoms with Crippen molar-refractivity contribution in [3.63, 3.8) is 0 Å². The molecule has 0 atom stereocenters. The first kappa shape index (κ1) is 11.2. The molecule has 1 aromatic carbocycles. The van der Waals surface area contributed by atoms with Crippen LogP contribution in [0.25, 0.3) is 0 Å². The Labute approximate surface area is 99.9 Å². The van der Waals surface area contributed by atoms with Crippen LogP contribution in [0, 0.1) is 12.7 Å². The van der Waals surface area contributed by atoms with Crippen molar-refractivity contribution in [2.45, 2.75) is 16.2 Å². The quantitative estimate of drug-likeness (QED) is 0.790. The lowest BCUT2D eigenvalue weighted by Gasteiger charge is -2.01. The van der Waals surface area contributed by atoms with Crippen molar-refractivity contribution in [3.8, 4) is 0 Å². The second-order valence-electron chi connectivity index (χ2n) is 2.98. The molecule has 0 saturated carbocycles. The predicted molar refractivity (Wildman–Crippen MR) is 60.6 cm³/mol. The maximum atomic E-state index is 13.3. The number of nitrogens with zero attached hydrogens (tertiary/aromatic N) is 2. The van der Waals surface area contributed by atoms with E-state index in [0.717, 1.165) is 0 Å². The lowest BCUT2D eigenvalue weighted by molar-refractivity contribution is 0.111. The minimum Gasteiger partial charge on any atom is -0.298 e. The molecular formula is C10H7FN2OS2. The molecule has 0 aliphatic rings. The summed E-state index contributed by atoms with van der Waals surface area (Å²) in [6, 6.07) is 4.52. The van der Waals surface area contributed by atoms with E-state index in [2.05, 4.69) is 9.36 Å². The van der Waals surface area contributed by atoms with E-state index in [1.165, 1.54) is 29.4 Å². The predicted octanol–water partition coefficient (Wildman–Crippen LogP) is 2.95. The van der Waals surface area contributed by atoms with Crippen molar-refractivity contribution in [2.75, 3.05) is 0 Å². The molecule has 2 aromatic rings. The lowest BCUT2D eigenvalue weighted by atomic mass is 10.2. The van der Waals surface area contributed by atoms with Crippen molar-refractivity contribution >= 4 is 29.6 Å². The van der Waals surface area contributed by atoms with E-state index in [4.69, 9.17) is 0 Å². The highest BCUT2D eigenvalue weighted by atomic mass is 32.2. The van der Waals surface area contributed by atoms with Crippen LogP contribution in [0.2, 0.25) is 0 Å². The van der Waals surface area contributed by atoms with Gasteiger partial charge < -0.3 is 0 Å². The van der Waals surface area contributed by atoms with Gasteiger partial charge in [-0.15, -0.1) is 0 Å². The zero-order valence-electron chi connectivity index (χ0n) is 8.31. The zero-order valence-corrected chi connectivity index (χ0v) is 9.94. The van der Waals surface area contributed by atoms with E-state index in [0.29, 0.717) is 21.3 Å². The molecule has 0 spiro atoms. The summed E-state index contributed by atoms with van der Waals surface area (Å²) in [7, 11) is 0. The minimum atomic E-state index is -0.513. The molecule has 2 rings (SSSR count). The zero-order chi connectivity index (χ0) is 11.5. The van der Waals surface area contributed by atoms with Gasteiger partial charge in [-0.05, 0) is 30.6 Å². The molecule has 0 fully saturated rings. The van der Waals surface area contributed by atoms with Gasteiger partial charge in [0.2, 0.25) is 0 Å². The summed E-state index contributed by atoms with van der Waals surface area (Å²) in [4.78, 5) is 15.5. The second-order valence-corrected chi connectivity index (χ2v) is 5.02. The molecule has 6 heteroatoms. The highest BCUT2D eigenvalue weighted by Crippen LogP contribution is 2.31. The summed E-state index contributed by atoms with van der Waals surface area (Å²) in [5.41, 5.74) is 0.0698. The van der Waals surface area contributed by atoms with Gasteiger partial charge in [-0.3, -0.25) is 4.79 Å². The Bertz CT molecular complexity index is 527. The molecule has 0 amide bonds. The van der Waals surface area contributed by atoms with Gasteiger partial charge in [0.1, 0.15) is 11.6 Å². The third kappa shape index (κ3) is 2.28. The van der Waals surface area contributed by atoms with Gasteiger partial charge in [0.05, 0.1) is 5.56 Å². The van der Waals surface area contributed by atoms with Crippen LogP contribution in [0.1, 0.15) is 16.2 Å². The fourth-order valence-corrected chi connectivity index (χ4v) is 2.86. The number of aldehydes is 1. The number of rotatable bonds is 3. The fraction of sp³-hybridized carbons (Fsp3) is 0.100. The summed E-state index contributed by atoms with van der Waals surface area (Å²) in [5, 5.41) is 0. The van der Waals surface area contributed by atoms with E-state index >= 15 is 0 Å². The Hall–Kier alpha value is -1.27. The number of aromatic nitrogens is 2. The molecule has 1 heterocycles. The largest absolute Gasteiger partial charge is 0.298 e. The highest BCUT2D eigenvalue weighted by Gasteiger charge is 2.10. The molecule has 82 valence electrons. The first-order valence-corrected chi connectivity index (χ1v) is 6.01. The Morgan fingerprint density at radius 1 is 1.50 bits per heavy atom. The van der Waals surface area contributed by atoms with E-state index in [1.54, 1.807) is 19.1 Å². The van der Waals surface area contributed by atoms with Crippen LogP contribution in [0.4, 0.5) is 4.39 Å². The van der Waals surface area contributed by atoms with Gasteiger partial charge in [-0.2, -0.15) is 4.37 Å². The molecule has 1 aromatic heterocycles. The average Bonchev–Trinajstić information content (AvgIpc) is 2.64. The standard InChI is InChI=1S/C10H7FN2OS2/c1-6-12-10(16-13-6)15-9-4-2-3-8(11)7(9)5-14/h2-5H,1H3. The third-order valence-corrected chi connectivity index (χ3v) is 3.76. The number of benzene rings is 1.